The highest BCUT2D eigenvalue weighted by molar-refractivity contribution is 14.1. The van der Waals surface area contributed by atoms with Crippen molar-refractivity contribution < 1.29 is 13.5 Å². The van der Waals surface area contributed by atoms with Gasteiger partial charge in [0.05, 0.1) is 22.8 Å². The van der Waals surface area contributed by atoms with E-state index in [-0.39, 0.29) is 17.3 Å². The molecule has 0 amide bonds. The van der Waals surface area contributed by atoms with Crippen LogP contribution in [0.3, 0.4) is 0 Å². The lowest BCUT2D eigenvalue weighted by atomic mass is 10.1. The molecule has 0 saturated heterocycles. The number of sulfone groups is 1. The summed E-state index contributed by atoms with van der Waals surface area (Å²) in [5.74, 6) is -0.211. The van der Waals surface area contributed by atoms with Crippen LogP contribution in [0.15, 0.2) is 41.4 Å². The van der Waals surface area contributed by atoms with Crippen molar-refractivity contribution in [2.75, 3.05) is 12.4 Å². The molecule has 1 heterocycles. The number of aromatic nitrogens is 2. The van der Waals surface area contributed by atoms with Gasteiger partial charge in [0.2, 0.25) is 0 Å². The third-order valence-corrected chi connectivity index (χ3v) is 5.90. The van der Waals surface area contributed by atoms with Crippen molar-refractivity contribution in [1.82, 2.24) is 9.78 Å². The van der Waals surface area contributed by atoms with Crippen LogP contribution >= 0.6 is 22.6 Å². The summed E-state index contributed by atoms with van der Waals surface area (Å²) in [7, 11) is -3.51. The van der Waals surface area contributed by atoms with E-state index < -0.39 is 15.4 Å². The van der Waals surface area contributed by atoms with E-state index in [4.69, 9.17) is 0 Å². The lowest BCUT2D eigenvalue weighted by Gasteiger charge is -2.27. The molecule has 1 N–H and O–H groups in total. The number of aryl methyl sites for hydroxylation is 1. The Morgan fingerprint density at radius 2 is 1.90 bits per heavy atom. The predicted octanol–water partition coefficient (Wildman–Crippen LogP) is 1.98. The van der Waals surface area contributed by atoms with Crippen molar-refractivity contribution in [1.29, 1.82) is 0 Å². The molecule has 1 aromatic heterocycles. The maximum Gasteiger partial charge on any atom is 0.180 e. The Balaban J connectivity index is 2.35. The Morgan fingerprint density at radius 1 is 1.29 bits per heavy atom. The van der Waals surface area contributed by atoms with Crippen molar-refractivity contribution in [3.05, 3.63) is 45.8 Å². The molecule has 0 radical (unpaired) electrons. The maximum absolute atomic E-state index is 12.5. The smallest absolute Gasteiger partial charge is 0.180 e. The molecule has 114 valence electrons. The lowest BCUT2D eigenvalue weighted by molar-refractivity contribution is 0.154. The minimum Gasteiger partial charge on any atom is -0.394 e. The van der Waals surface area contributed by atoms with Crippen molar-refractivity contribution in [2.45, 2.75) is 24.3 Å². The van der Waals surface area contributed by atoms with Crippen LogP contribution in [0.5, 0.6) is 0 Å². The van der Waals surface area contributed by atoms with Crippen LogP contribution < -0.4 is 0 Å². The van der Waals surface area contributed by atoms with Gasteiger partial charge in [0.15, 0.2) is 9.84 Å². The third kappa shape index (κ3) is 3.64. The zero-order valence-corrected chi connectivity index (χ0v) is 14.8. The van der Waals surface area contributed by atoms with Gasteiger partial charge in [-0.3, -0.25) is 4.68 Å². The summed E-state index contributed by atoms with van der Waals surface area (Å²) >= 11 is 2.05. The third-order valence-electron chi connectivity index (χ3n) is 3.33. The molecule has 0 aliphatic rings. The van der Waals surface area contributed by atoms with E-state index in [9.17, 15) is 13.5 Å². The van der Waals surface area contributed by atoms with Crippen LogP contribution in [0, 0.1) is 10.6 Å². The van der Waals surface area contributed by atoms with Crippen LogP contribution in [0.2, 0.25) is 0 Å². The standard InChI is InChI=1S/C14H17IN2O3S/c1-11-3-5-12(6-4-11)21(19,20)10-14(2,9-18)17-8-7-13(15)16-17/h3-8,18H,9-10H2,1-2H3. The molecule has 1 unspecified atom stereocenters. The number of benzene rings is 1. The second-order valence-electron chi connectivity index (χ2n) is 5.31. The van der Waals surface area contributed by atoms with Gasteiger partial charge in [-0.15, -0.1) is 0 Å². The monoisotopic (exact) mass is 420 g/mol. The van der Waals surface area contributed by atoms with E-state index >= 15 is 0 Å². The van der Waals surface area contributed by atoms with Crippen molar-refractivity contribution in [3.8, 4) is 0 Å². The quantitative estimate of drug-likeness (QED) is 0.752. The van der Waals surface area contributed by atoms with Crippen molar-refractivity contribution in [2.24, 2.45) is 0 Å². The highest BCUT2D eigenvalue weighted by Crippen LogP contribution is 2.23. The van der Waals surface area contributed by atoms with E-state index in [2.05, 4.69) is 5.10 Å². The normalized spacial score (nSPS) is 14.9. The fraction of sp³-hybridized carbons (Fsp3) is 0.357. The Labute approximate surface area is 138 Å². The molecule has 2 aromatic rings. The van der Waals surface area contributed by atoms with Crippen LogP contribution in [0.25, 0.3) is 0 Å². The molecule has 1 aromatic carbocycles. The maximum atomic E-state index is 12.5. The van der Waals surface area contributed by atoms with Gasteiger partial charge in [0.25, 0.3) is 0 Å². The van der Waals surface area contributed by atoms with Crippen molar-refractivity contribution >= 4 is 32.4 Å². The summed E-state index contributed by atoms with van der Waals surface area (Å²) in [4.78, 5) is 0.259. The molecule has 0 aliphatic heterocycles. The lowest BCUT2D eigenvalue weighted by Crippen LogP contribution is -2.41. The molecule has 0 bridgehead atoms. The first-order valence-electron chi connectivity index (χ1n) is 6.39. The molecule has 0 aliphatic carbocycles. The predicted molar refractivity (Wildman–Crippen MR) is 88.9 cm³/mol. The van der Waals surface area contributed by atoms with Crippen molar-refractivity contribution in [3.63, 3.8) is 0 Å². The molecule has 0 spiro atoms. The molecular weight excluding hydrogens is 403 g/mol. The Morgan fingerprint density at radius 3 is 2.38 bits per heavy atom. The average Bonchev–Trinajstić information content (AvgIpc) is 2.86. The number of nitrogens with zero attached hydrogens (tertiary/aromatic N) is 2. The van der Waals surface area contributed by atoms with E-state index in [0.29, 0.717) is 0 Å². The van der Waals surface area contributed by atoms with Gasteiger partial charge in [-0.2, -0.15) is 5.10 Å². The number of aliphatic hydroxyl groups excluding tert-OH is 1. The SMILES string of the molecule is Cc1ccc(S(=O)(=O)CC(C)(CO)n2ccc(I)n2)cc1. The summed E-state index contributed by atoms with van der Waals surface area (Å²) in [5.41, 5.74) is 0.00755. The van der Waals surface area contributed by atoms with Gasteiger partial charge in [-0.05, 0) is 54.6 Å². The first-order chi connectivity index (χ1) is 9.77. The minimum absolute atomic E-state index is 0.211. The summed E-state index contributed by atoms with van der Waals surface area (Å²) in [5, 5.41) is 13.9. The first kappa shape index (κ1) is 16.4. The molecule has 21 heavy (non-hydrogen) atoms. The van der Waals surface area contributed by atoms with Gasteiger partial charge in [0, 0.05) is 6.20 Å². The van der Waals surface area contributed by atoms with Gasteiger partial charge in [-0.1, -0.05) is 17.7 Å². The Hall–Kier alpha value is -0.930. The van der Waals surface area contributed by atoms with Gasteiger partial charge < -0.3 is 5.11 Å². The topological polar surface area (TPSA) is 72.2 Å². The van der Waals surface area contributed by atoms with Crippen LogP contribution in [0.1, 0.15) is 12.5 Å². The number of rotatable bonds is 5. The summed E-state index contributed by atoms with van der Waals surface area (Å²) in [6.07, 6.45) is 1.68. The molecule has 0 saturated carbocycles. The summed E-state index contributed by atoms with van der Waals surface area (Å²) < 4.78 is 27.4. The van der Waals surface area contributed by atoms with Gasteiger partial charge in [0.1, 0.15) is 3.70 Å². The fourth-order valence-electron chi connectivity index (χ4n) is 2.02. The summed E-state index contributed by atoms with van der Waals surface area (Å²) in [6, 6.07) is 8.48. The number of halogens is 1. The first-order valence-corrected chi connectivity index (χ1v) is 9.12. The van der Waals surface area contributed by atoms with Crippen LogP contribution in [-0.4, -0.2) is 35.7 Å². The van der Waals surface area contributed by atoms with Gasteiger partial charge in [-0.25, -0.2) is 8.42 Å². The Bertz CT molecular complexity index is 725. The fourth-order valence-corrected chi connectivity index (χ4v) is 4.18. The molecule has 5 nitrogen and oxygen atoms in total. The molecule has 0 fully saturated rings. The van der Waals surface area contributed by atoms with E-state index in [1.807, 2.05) is 29.5 Å². The molecule has 1 atom stereocenters. The largest absolute Gasteiger partial charge is 0.394 e. The Kier molecular flexibility index (Phi) is 4.74. The van der Waals surface area contributed by atoms with E-state index in [1.54, 1.807) is 43.5 Å². The number of hydrogen-bond acceptors (Lipinski definition) is 4. The van der Waals surface area contributed by atoms with Crippen LogP contribution in [0.4, 0.5) is 0 Å². The second kappa shape index (κ2) is 6.05. The summed E-state index contributed by atoms with van der Waals surface area (Å²) in [6.45, 7) is 3.28. The molecule has 7 heteroatoms. The highest BCUT2D eigenvalue weighted by Gasteiger charge is 2.33. The molecular formula is C14H17IN2O3S. The van der Waals surface area contributed by atoms with E-state index in [0.717, 1.165) is 9.26 Å². The van der Waals surface area contributed by atoms with E-state index in [1.165, 1.54) is 4.68 Å². The number of aliphatic hydroxyl groups is 1. The minimum atomic E-state index is -3.51. The second-order valence-corrected chi connectivity index (χ2v) is 8.41. The van der Waals surface area contributed by atoms with Crippen LogP contribution in [-0.2, 0) is 15.4 Å². The molecule has 2 rings (SSSR count). The zero-order chi connectivity index (χ0) is 15.7. The van der Waals surface area contributed by atoms with Gasteiger partial charge >= 0.3 is 0 Å². The number of hydrogen-bond donors (Lipinski definition) is 1. The highest BCUT2D eigenvalue weighted by atomic mass is 127. The zero-order valence-electron chi connectivity index (χ0n) is 11.8. The average molecular weight is 420 g/mol.